The average molecular weight is 371 g/mol. The van der Waals surface area contributed by atoms with E-state index in [0.717, 1.165) is 17.1 Å². The van der Waals surface area contributed by atoms with E-state index in [9.17, 15) is 4.79 Å². The second kappa shape index (κ2) is 7.39. The number of methoxy groups -OCH3 is 3. The highest BCUT2D eigenvalue weighted by Crippen LogP contribution is 2.41. The van der Waals surface area contributed by atoms with Gasteiger partial charge in [-0.1, -0.05) is 0 Å². The molecule has 6 nitrogen and oxygen atoms in total. The fraction of sp³-hybridized carbons (Fsp3) is 0.381. The molecule has 6 heteroatoms. The Morgan fingerprint density at radius 2 is 1.78 bits per heavy atom. The number of ether oxygens (including phenoxy) is 4. The molecule has 1 atom stereocenters. The Morgan fingerprint density at radius 1 is 1.04 bits per heavy atom. The predicted molar refractivity (Wildman–Crippen MR) is 102 cm³/mol. The summed E-state index contributed by atoms with van der Waals surface area (Å²) in [6, 6.07) is 10.6. The second-order valence-electron chi connectivity index (χ2n) is 7.07. The third-order valence-electron chi connectivity index (χ3n) is 4.63. The summed E-state index contributed by atoms with van der Waals surface area (Å²) < 4.78 is 21.9. The van der Waals surface area contributed by atoms with Gasteiger partial charge in [-0.15, -0.1) is 0 Å². The molecule has 0 radical (unpaired) electrons. The van der Waals surface area contributed by atoms with Crippen molar-refractivity contribution in [3.63, 3.8) is 0 Å². The normalized spacial score (nSPS) is 17.3. The van der Waals surface area contributed by atoms with E-state index < -0.39 is 5.60 Å². The molecule has 0 saturated carbocycles. The number of benzene rings is 2. The first-order valence-electron chi connectivity index (χ1n) is 8.76. The molecule has 0 bridgehead atoms. The fourth-order valence-corrected chi connectivity index (χ4v) is 3.31. The van der Waals surface area contributed by atoms with Crippen LogP contribution >= 0.6 is 0 Å². The zero-order valence-corrected chi connectivity index (χ0v) is 16.3. The van der Waals surface area contributed by atoms with Gasteiger partial charge in [-0.25, -0.2) is 0 Å². The monoisotopic (exact) mass is 371 g/mol. The number of rotatable bonds is 5. The van der Waals surface area contributed by atoms with E-state index in [-0.39, 0.29) is 11.9 Å². The van der Waals surface area contributed by atoms with Crippen LogP contribution in [0.3, 0.4) is 0 Å². The molecule has 27 heavy (non-hydrogen) atoms. The number of amides is 1. The van der Waals surface area contributed by atoms with Crippen molar-refractivity contribution in [1.29, 1.82) is 0 Å². The van der Waals surface area contributed by atoms with E-state index in [1.807, 2.05) is 32.0 Å². The summed E-state index contributed by atoms with van der Waals surface area (Å²) in [5.74, 6) is 2.38. The zero-order valence-electron chi connectivity index (χ0n) is 16.3. The molecular weight excluding hydrogens is 346 g/mol. The molecule has 0 aliphatic carbocycles. The van der Waals surface area contributed by atoms with Crippen molar-refractivity contribution in [2.45, 2.75) is 31.9 Å². The van der Waals surface area contributed by atoms with Crippen molar-refractivity contribution in [3.8, 4) is 23.0 Å². The van der Waals surface area contributed by atoms with E-state index in [0.29, 0.717) is 23.5 Å². The molecule has 0 saturated heterocycles. The molecule has 1 amide bonds. The van der Waals surface area contributed by atoms with Gasteiger partial charge in [-0.3, -0.25) is 4.79 Å². The number of hydrogen-bond acceptors (Lipinski definition) is 5. The topological polar surface area (TPSA) is 66.0 Å². The Bertz CT molecular complexity index is 846. The molecule has 1 aliphatic rings. The van der Waals surface area contributed by atoms with Gasteiger partial charge in [-0.05, 0) is 50.2 Å². The molecule has 2 aromatic rings. The molecule has 1 unspecified atom stereocenters. The van der Waals surface area contributed by atoms with Gasteiger partial charge in [0.25, 0.3) is 5.91 Å². The zero-order chi connectivity index (χ0) is 19.6. The van der Waals surface area contributed by atoms with Crippen LogP contribution in [0.5, 0.6) is 23.0 Å². The number of nitrogens with one attached hydrogen (secondary N) is 1. The molecule has 0 aromatic heterocycles. The lowest BCUT2D eigenvalue weighted by Gasteiger charge is -2.38. The van der Waals surface area contributed by atoms with Crippen LogP contribution in [-0.2, 0) is 0 Å². The second-order valence-corrected chi connectivity index (χ2v) is 7.07. The summed E-state index contributed by atoms with van der Waals surface area (Å²) in [5, 5.41) is 3.12. The third kappa shape index (κ3) is 3.94. The first-order valence-corrected chi connectivity index (χ1v) is 8.76. The largest absolute Gasteiger partial charge is 0.497 e. The standard InChI is InChI=1S/C21H25NO5/c1-21(2)12-16(15-11-14(24-3)7-9-17(15)27-21)22-20(23)13-6-8-18(25-4)19(10-13)26-5/h6-11,16H,12H2,1-5H3,(H,22,23). The lowest BCUT2D eigenvalue weighted by Crippen LogP contribution is -2.41. The van der Waals surface area contributed by atoms with Gasteiger partial charge in [0.15, 0.2) is 11.5 Å². The minimum Gasteiger partial charge on any atom is -0.497 e. The molecular formula is C21H25NO5. The summed E-state index contributed by atoms with van der Waals surface area (Å²) in [6.45, 7) is 4.02. The number of hydrogen-bond donors (Lipinski definition) is 1. The highest BCUT2D eigenvalue weighted by Gasteiger charge is 2.35. The van der Waals surface area contributed by atoms with Crippen LogP contribution in [0.1, 0.15) is 42.2 Å². The van der Waals surface area contributed by atoms with Crippen LogP contribution in [0.15, 0.2) is 36.4 Å². The van der Waals surface area contributed by atoms with Gasteiger partial charge in [0, 0.05) is 17.5 Å². The van der Waals surface area contributed by atoms with Gasteiger partial charge in [0.2, 0.25) is 0 Å². The van der Waals surface area contributed by atoms with E-state index >= 15 is 0 Å². The summed E-state index contributed by atoms with van der Waals surface area (Å²) in [4.78, 5) is 12.9. The van der Waals surface area contributed by atoms with E-state index in [1.54, 1.807) is 39.5 Å². The predicted octanol–water partition coefficient (Wildman–Crippen LogP) is 3.74. The van der Waals surface area contributed by atoms with Crippen molar-refractivity contribution in [1.82, 2.24) is 5.32 Å². The SMILES string of the molecule is COc1ccc2c(c1)C(NC(=O)c1ccc(OC)c(OC)c1)CC(C)(C)O2. The number of fused-ring (bicyclic) bond motifs is 1. The van der Waals surface area contributed by atoms with Crippen molar-refractivity contribution >= 4 is 5.91 Å². The first kappa shape index (κ1) is 18.9. The van der Waals surface area contributed by atoms with Crippen LogP contribution in [0, 0.1) is 0 Å². The quantitative estimate of drug-likeness (QED) is 0.867. The Kier molecular flexibility index (Phi) is 5.17. The first-order chi connectivity index (χ1) is 12.9. The molecule has 3 rings (SSSR count). The Balaban J connectivity index is 1.89. The number of carbonyl (C=O) groups is 1. The van der Waals surface area contributed by atoms with Crippen LogP contribution in [-0.4, -0.2) is 32.8 Å². The molecule has 1 heterocycles. The molecule has 0 spiro atoms. The van der Waals surface area contributed by atoms with Crippen molar-refractivity contribution in [2.75, 3.05) is 21.3 Å². The van der Waals surface area contributed by atoms with Gasteiger partial charge in [-0.2, -0.15) is 0 Å². The Hall–Kier alpha value is -2.89. The Morgan fingerprint density at radius 3 is 2.44 bits per heavy atom. The van der Waals surface area contributed by atoms with Crippen molar-refractivity contribution in [3.05, 3.63) is 47.5 Å². The Labute approximate surface area is 159 Å². The maximum absolute atomic E-state index is 12.9. The minimum atomic E-state index is -0.392. The maximum atomic E-state index is 12.9. The van der Waals surface area contributed by atoms with Gasteiger partial charge >= 0.3 is 0 Å². The van der Waals surface area contributed by atoms with Crippen LogP contribution in [0.25, 0.3) is 0 Å². The number of carbonyl (C=O) groups excluding carboxylic acids is 1. The van der Waals surface area contributed by atoms with Crippen molar-refractivity contribution in [2.24, 2.45) is 0 Å². The highest BCUT2D eigenvalue weighted by atomic mass is 16.5. The van der Waals surface area contributed by atoms with Gasteiger partial charge in [0.1, 0.15) is 17.1 Å². The molecule has 1 aliphatic heterocycles. The summed E-state index contributed by atoms with van der Waals surface area (Å²) >= 11 is 0. The summed E-state index contributed by atoms with van der Waals surface area (Å²) in [7, 11) is 4.72. The molecule has 2 aromatic carbocycles. The average Bonchev–Trinajstić information content (AvgIpc) is 2.66. The van der Waals surface area contributed by atoms with E-state index in [4.69, 9.17) is 18.9 Å². The van der Waals surface area contributed by atoms with E-state index in [2.05, 4.69) is 5.32 Å². The summed E-state index contributed by atoms with van der Waals surface area (Å²) in [6.07, 6.45) is 0.645. The maximum Gasteiger partial charge on any atom is 0.251 e. The third-order valence-corrected chi connectivity index (χ3v) is 4.63. The van der Waals surface area contributed by atoms with Crippen molar-refractivity contribution < 1.29 is 23.7 Å². The minimum absolute atomic E-state index is 0.188. The van der Waals surface area contributed by atoms with Crippen LogP contribution < -0.4 is 24.3 Å². The smallest absolute Gasteiger partial charge is 0.251 e. The fourth-order valence-electron chi connectivity index (χ4n) is 3.31. The van der Waals surface area contributed by atoms with E-state index in [1.165, 1.54) is 0 Å². The lowest BCUT2D eigenvalue weighted by molar-refractivity contribution is 0.0618. The van der Waals surface area contributed by atoms with Gasteiger partial charge in [0.05, 0.1) is 27.4 Å². The lowest BCUT2D eigenvalue weighted by atomic mass is 9.89. The molecule has 1 N–H and O–H groups in total. The highest BCUT2D eigenvalue weighted by molar-refractivity contribution is 5.95. The van der Waals surface area contributed by atoms with Gasteiger partial charge < -0.3 is 24.3 Å². The van der Waals surface area contributed by atoms with Crippen LogP contribution in [0.2, 0.25) is 0 Å². The van der Waals surface area contributed by atoms with Crippen LogP contribution in [0.4, 0.5) is 0 Å². The molecule has 144 valence electrons. The molecule has 0 fully saturated rings. The summed E-state index contributed by atoms with van der Waals surface area (Å²) in [5.41, 5.74) is 1.01.